The van der Waals surface area contributed by atoms with Gasteiger partial charge in [-0.3, -0.25) is 9.69 Å². The van der Waals surface area contributed by atoms with E-state index in [0.717, 1.165) is 36.7 Å². The molecule has 168 valence electrons. The van der Waals surface area contributed by atoms with E-state index in [4.69, 9.17) is 4.74 Å². The molecule has 3 rings (SSSR count). The van der Waals surface area contributed by atoms with Crippen molar-refractivity contribution >= 4 is 12.0 Å². The van der Waals surface area contributed by atoms with Gasteiger partial charge >= 0.3 is 6.09 Å². The highest BCUT2D eigenvalue weighted by Crippen LogP contribution is 2.14. The molecule has 1 N–H and O–H groups in total. The van der Waals surface area contributed by atoms with Crippen LogP contribution in [0.4, 0.5) is 4.79 Å². The number of carbonyl (C=O) groups is 2. The van der Waals surface area contributed by atoms with Gasteiger partial charge in [-0.05, 0) is 65.0 Å². The van der Waals surface area contributed by atoms with Crippen molar-refractivity contribution < 1.29 is 14.3 Å². The molecule has 0 atom stereocenters. The van der Waals surface area contributed by atoms with Crippen LogP contribution in [-0.2, 0) is 4.74 Å². The maximum absolute atomic E-state index is 12.5. The Hall–Kier alpha value is -2.87. The minimum Gasteiger partial charge on any atom is -0.444 e. The van der Waals surface area contributed by atoms with Gasteiger partial charge in [0, 0.05) is 50.5 Å². The third kappa shape index (κ3) is 6.30. The van der Waals surface area contributed by atoms with Gasteiger partial charge in [-0.2, -0.15) is 5.10 Å². The molecule has 2 amide bonds. The predicted molar refractivity (Wildman–Crippen MR) is 120 cm³/mol. The molecule has 0 radical (unpaired) electrons. The highest BCUT2D eigenvalue weighted by molar-refractivity contribution is 5.94. The fourth-order valence-electron chi connectivity index (χ4n) is 3.55. The normalized spacial score (nSPS) is 15.1. The molecule has 0 aliphatic carbocycles. The summed E-state index contributed by atoms with van der Waals surface area (Å²) in [5, 5.41) is 7.45. The van der Waals surface area contributed by atoms with Crippen LogP contribution in [-0.4, -0.2) is 76.5 Å². The van der Waals surface area contributed by atoms with Crippen molar-refractivity contribution in [3.05, 3.63) is 47.3 Å². The van der Waals surface area contributed by atoms with E-state index >= 15 is 0 Å². The van der Waals surface area contributed by atoms with Gasteiger partial charge in [-0.15, -0.1) is 0 Å². The van der Waals surface area contributed by atoms with Crippen molar-refractivity contribution in [1.29, 1.82) is 0 Å². The topological polar surface area (TPSA) is 79.7 Å². The molecule has 1 saturated heterocycles. The summed E-state index contributed by atoms with van der Waals surface area (Å²) >= 11 is 0. The summed E-state index contributed by atoms with van der Waals surface area (Å²) in [5.74, 6) is -0.0905. The van der Waals surface area contributed by atoms with Crippen LogP contribution >= 0.6 is 0 Å². The number of aromatic nitrogens is 2. The Bertz CT molecular complexity index is 906. The van der Waals surface area contributed by atoms with Gasteiger partial charge in [0.2, 0.25) is 0 Å². The van der Waals surface area contributed by atoms with E-state index in [-0.39, 0.29) is 12.0 Å². The van der Waals surface area contributed by atoms with Gasteiger partial charge in [0.1, 0.15) is 5.60 Å². The standard InChI is InChI=1S/C23H33N5O3/c1-17-16-18(2)28(25-17)20-8-6-19(7-9-20)21(29)24-10-11-26-12-14-27(15-13-26)22(30)31-23(3,4)5/h6-9,16H,10-15H2,1-5H3,(H,24,29). The van der Waals surface area contributed by atoms with Crippen LogP contribution in [0.2, 0.25) is 0 Å². The number of piperazine rings is 1. The van der Waals surface area contributed by atoms with Crippen molar-refractivity contribution in [2.24, 2.45) is 0 Å². The number of nitrogens with zero attached hydrogens (tertiary/aromatic N) is 4. The molecule has 2 aromatic rings. The maximum atomic E-state index is 12.5. The Kier molecular flexibility index (Phi) is 7.00. The van der Waals surface area contributed by atoms with Crippen LogP contribution in [0.5, 0.6) is 0 Å². The van der Waals surface area contributed by atoms with Crippen LogP contribution in [0.25, 0.3) is 5.69 Å². The van der Waals surface area contributed by atoms with Gasteiger partial charge in [0.25, 0.3) is 5.91 Å². The van der Waals surface area contributed by atoms with Crippen LogP contribution in [0.1, 0.15) is 42.5 Å². The lowest BCUT2D eigenvalue weighted by molar-refractivity contribution is 0.0147. The van der Waals surface area contributed by atoms with Crippen molar-refractivity contribution in [3.63, 3.8) is 0 Å². The number of nitrogens with one attached hydrogen (secondary N) is 1. The molecule has 8 nitrogen and oxygen atoms in total. The highest BCUT2D eigenvalue weighted by Gasteiger charge is 2.25. The summed E-state index contributed by atoms with van der Waals surface area (Å²) in [6, 6.07) is 9.48. The van der Waals surface area contributed by atoms with Crippen LogP contribution in [0.15, 0.2) is 30.3 Å². The summed E-state index contributed by atoms with van der Waals surface area (Å²) in [6.07, 6.45) is -0.260. The molecule has 1 aliphatic heterocycles. The first-order chi connectivity index (χ1) is 14.6. The maximum Gasteiger partial charge on any atom is 0.410 e. The van der Waals surface area contributed by atoms with E-state index in [1.165, 1.54) is 0 Å². The van der Waals surface area contributed by atoms with Gasteiger partial charge < -0.3 is 15.0 Å². The fraction of sp³-hybridized carbons (Fsp3) is 0.522. The van der Waals surface area contributed by atoms with E-state index in [1.54, 1.807) is 4.90 Å². The molecule has 31 heavy (non-hydrogen) atoms. The number of benzene rings is 1. The van der Waals surface area contributed by atoms with Gasteiger partial charge in [-0.1, -0.05) is 0 Å². The number of amides is 2. The monoisotopic (exact) mass is 427 g/mol. The van der Waals surface area contributed by atoms with E-state index in [2.05, 4.69) is 15.3 Å². The fourth-order valence-corrected chi connectivity index (χ4v) is 3.55. The Morgan fingerprint density at radius 3 is 2.26 bits per heavy atom. The van der Waals surface area contributed by atoms with Crippen molar-refractivity contribution in [2.75, 3.05) is 39.3 Å². The number of aryl methyl sites for hydroxylation is 2. The molecule has 0 bridgehead atoms. The first-order valence-electron chi connectivity index (χ1n) is 10.7. The number of ether oxygens (including phenoxy) is 1. The average Bonchev–Trinajstić information content (AvgIpc) is 3.05. The largest absolute Gasteiger partial charge is 0.444 e. The number of hydrogen-bond donors (Lipinski definition) is 1. The molecular formula is C23H33N5O3. The van der Waals surface area contributed by atoms with E-state index in [1.807, 2.05) is 69.6 Å². The average molecular weight is 428 g/mol. The highest BCUT2D eigenvalue weighted by atomic mass is 16.6. The summed E-state index contributed by atoms with van der Waals surface area (Å²) in [6.45, 7) is 13.7. The SMILES string of the molecule is Cc1cc(C)n(-c2ccc(C(=O)NCCN3CCN(C(=O)OC(C)(C)C)CC3)cc2)n1. The third-order valence-corrected chi connectivity index (χ3v) is 5.12. The smallest absolute Gasteiger partial charge is 0.410 e. The number of carbonyl (C=O) groups excluding carboxylic acids is 2. The molecule has 1 fully saturated rings. The molecule has 0 unspecified atom stereocenters. The van der Waals surface area contributed by atoms with Crippen molar-refractivity contribution in [3.8, 4) is 5.69 Å². The molecule has 8 heteroatoms. The minimum atomic E-state index is -0.479. The van der Waals surface area contributed by atoms with Crippen LogP contribution in [0.3, 0.4) is 0 Å². The van der Waals surface area contributed by atoms with Crippen LogP contribution < -0.4 is 5.32 Å². The first-order valence-corrected chi connectivity index (χ1v) is 10.7. The van der Waals surface area contributed by atoms with E-state index in [0.29, 0.717) is 25.2 Å². The Morgan fingerprint density at radius 2 is 1.71 bits per heavy atom. The molecule has 1 aromatic carbocycles. The Morgan fingerprint density at radius 1 is 1.06 bits per heavy atom. The number of hydrogen-bond acceptors (Lipinski definition) is 5. The predicted octanol–water partition coefficient (Wildman–Crippen LogP) is 2.77. The second kappa shape index (κ2) is 9.51. The Balaban J connectivity index is 1.42. The minimum absolute atomic E-state index is 0.0905. The third-order valence-electron chi connectivity index (χ3n) is 5.12. The zero-order valence-electron chi connectivity index (χ0n) is 19.1. The first kappa shape index (κ1) is 22.8. The van der Waals surface area contributed by atoms with Gasteiger partial charge in [0.05, 0.1) is 11.4 Å². The molecular weight excluding hydrogens is 394 g/mol. The molecule has 2 heterocycles. The zero-order valence-corrected chi connectivity index (χ0v) is 19.1. The van der Waals surface area contributed by atoms with E-state index < -0.39 is 5.60 Å². The Labute approximate surface area is 184 Å². The summed E-state index contributed by atoms with van der Waals surface area (Å²) < 4.78 is 7.29. The lowest BCUT2D eigenvalue weighted by Gasteiger charge is -2.35. The van der Waals surface area contributed by atoms with Gasteiger partial charge in [-0.25, -0.2) is 9.48 Å². The summed E-state index contributed by atoms with van der Waals surface area (Å²) in [7, 11) is 0. The van der Waals surface area contributed by atoms with Crippen molar-refractivity contribution in [2.45, 2.75) is 40.2 Å². The van der Waals surface area contributed by atoms with E-state index in [9.17, 15) is 9.59 Å². The second-order valence-corrected chi connectivity index (χ2v) is 8.95. The molecule has 0 saturated carbocycles. The summed E-state index contributed by atoms with van der Waals surface area (Å²) in [4.78, 5) is 28.6. The summed E-state index contributed by atoms with van der Waals surface area (Å²) in [5.41, 5.74) is 3.10. The number of rotatable bonds is 5. The van der Waals surface area contributed by atoms with Crippen molar-refractivity contribution in [1.82, 2.24) is 24.9 Å². The quantitative estimate of drug-likeness (QED) is 0.794. The molecule has 1 aliphatic rings. The zero-order chi connectivity index (χ0) is 22.6. The lowest BCUT2D eigenvalue weighted by Crippen LogP contribution is -2.51. The molecule has 1 aromatic heterocycles. The molecule has 0 spiro atoms. The lowest BCUT2D eigenvalue weighted by atomic mass is 10.2. The van der Waals surface area contributed by atoms with Crippen LogP contribution in [0, 0.1) is 13.8 Å². The van der Waals surface area contributed by atoms with Gasteiger partial charge in [0.15, 0.2) is 0 Å². The second-order valence-electron chi connectivity index (χ2n) is 8.95.